The number of hydrogen-bond donors (Lipinski definition) is 2. The molecule has 0 aliphatic rings. The van der Waals surface area contributed by atoms with Gasteiger partial charge in [0.1, 0.15) is 0 Å². The van der Waals surface area contributed by atoms with Crippen molar-refractivity contribution < 1.29 is 0 Å². The van der Waals surface area contributed by atoms with Crippen LogP contribution >= 0.6 is 0 Å². The van der Waals surface area contributed by atoms with Crippen LogP contribution in [0, 0.1) is 0 Å². The summed E-state index contributed by atoms with van der Waals surface area (Å²) in [6.07, 6.45) is 2.24. The predicted molar refractivity (Wildman–Crippen MR) is 44.6 cm³/mol. The van der Waals surface area contributed by atoms with E-state index in [-0.39, 0.29) is 0 Å². The quantitative estimate of drug-likeness (QED) is 0.414. The first kappa shape index (κ1) is 9.88. The average Bonchev–Trinajstić information content (AvgIpc) is 1.89. The molecular weight excluding hydrogens is 126 g/mol. The van der Waals surface area contributed by atoms with Gasteiger partial charge in [-0.25, -0.2) is 5.01 Å². The van der Waals surface area contributed by atoms with Gasteiger partial charge in [0, 0.05) is 20.1 Å². The zero-order chi connectivity index (χ0) is 7.82. The molecule has 0 unspecified atom stereocenters. The van der Waals surface area contributed by atoms with Crippen molar-refractivity contribution in [2.24, 2.45) is 5.73 Å². The molecule has 0 aliphatic carbocycles. The number of hydrogen-bond acceptors (Lipinski definition) is 3. The Hall–Kier alpha value is -0.120. The first-order valence-electron chi connectivity index (χ1n) is 3.96. The molecule has 0 radical (unpaired) electrons. The number of rotatable bonds is 6. The summed E-state index contributed by atoms with van der Waals surface area (Å²) in [6.45, 7) is 5.03. The summed E-state index contributed by atoms with van der Waals surface area (Å²) >= 11 is 0. The molecule has 0 saturated heterocycles. The highest BCUT2D eigenvalue weighted by molar-refractivity contribution is 4.45. The van der Waals surface area contributed by atoms with Crippen LogP contribution in [0.15, 0.2) is 0 Å². The van der Waals surface area contributed by atoms with E-state index in [1.54, 1.807) is 0 Å². The molecule has 0 bridgehead atoms. The third kappa shape index (κ3) is 6.01. The van der Waals surface area contributed by atoms with E-state index in [0.717, 1.165) is 26.1 Å². The van der Waals surface area contributed by atoms with Gasteiger partial charge in [-0.3, -0.25) is 5.43 Å². The van der Waals surface area contributed by atoms with E-state index >= 15 is 0 Å². The van der Waals surface area contributed by atoms with E-state index in [0.29, 0.717) is 0 Å². The minimum atomic E-state index is 0.771. The molecule has 0 aromatic rings. The second-order valence-electron chi connectivity index (χ2n) is 2.47. The molecule has 3 N–H and O–H groups in total. The van der Waals surface area contributed by atoms with Gasteiger partial charge in [0.05, 0.1) is 0 Å². The zero-order valence-corrected chi connectivity index (χ0v) is 7.06. The smallest absolute Gasteiger partial charge is 0.0125 e. The van der Waals surface area contributed by atoms with Gasteiger partial charge in [0.25, 0.3) is 0 Å². The van der Waals surface area contributed by atoms with Crippen molar-refractivity contribution in [3.05, 3.63) is 0 Å². The maximum atomic E-state index is 5.33. The van der Waals surface area contributed by atoms with Gasteiger partial charge in [-0.1, -0.05) is 6.92 Å². The normalized spacial score (nSPS) is 10.8. The molecule has 0 heterocycles. The Labute approximate surface area is 63.5 Å². The van der Waals surface area contributed by atoms with E-state index in [4.69, 9.17) is 5.73 Å². The Bertz CT molecular complexity index is 65.9. The number of nitrogens with two attached hydrogens (primary N) is 1. The summed E-state index contributed by atoms with van der Waals surface area (Å²) in [5.41, 5.74) is 8.57. The second kappa shape index (κ2) is 6.99. The molecule has 3 heteroatoms. The van der Waals surface area contributed by atoms with Crippen molar-refractivity contribution in [1.29, 1.82) is 0 Å². The Morgan fingerprint density at radius 3 is 2.70 bits per heavy atom. The molecular formula is C7H19N3. The molecule has 0 amide bonds. The van der Waals surface area contributed by atoms with E-state index in [2.05, 4.69) is 24.4 Å². The molecule has 10 heavy (non-hydrogen) atoms. The standard InChI is InChI=1S/C7H19N3/c1-3-7-10(2)9-6-4-5-8/h9H,3-8H2,1-2H3. The minimum absolute atomic E-state index is 0.771. The van der Waals surface area contributed by atoms with Crippen LogP contribution in [-0.2, 0) is 0 Å². The fourth-order valence-electron chi connectivity index (χ4n) is 0.786. The van der Waals surface area contributed by atoms with Crippen molar-refractivity contribution in [2.45, 2.75) is 19.8 Å². The Kier molecular flexibility index (Phi) is 6.91. The molecule has 62 valence electrons. The first-order valence-corrected chi connectivity index (χ1v) is 3.96. The second-order valence-corrected chi connectivity index (χ2v) is 2.47. The highest BCUT2D eigenvalue weighted by Gasteiger charge is 1.91. The van der Waals surface area contributed by atoms with Crippen LogP contribution in [0.4, 0.5) is 0 Å². The van der Waals surface area contributed by atoms with E-state index in [1.165, 1.54) is 6.42 Å². The number of nitrogens with zero attached hydrogens (tertiary/aromatic N) is 1. The largest absolute Gasteiger partial charge is 0.330 e. The summed E-state index contributed by atoms with van der Waals surface area (Å²) < 4.78 is 0. The van der Waals surface area contributed by atoms with E-state index < -0.39 is 0 Å². The summed E-state index contributed by atoms with van der Waals surface area (Å²) in [5.74, 6) is 0. The lowest BCUT2D eigenvalue weighted by molar-refractivity contribution is 0.235. The van der Waals surface area contributed by atoms with E-state index in [1.807, 2.05) is 0 Å². The van der Waals surface area contributed by atoms with Crippen molar-refractivity contribution in [3.63, 3.8) is 0 Å². The molecule has 0 atom stereocenters. The van der Waals surface area contributed by atoms with Crippen LogP contribution in [0.3, 0.4) is 0 Å². The monoisotopic (exact) mass is 145 g/mol. The molecule has 0 spiro atoms. The van der Waals surface area contributed by atoms with Crippen LogP contribution in [0.5, 0.6) is 0 Å². The van der Waals surface area contributed by atoms with Crippen LogP contribution in [-0.4, -0.2) is 31.7 Å². The van der Waals surface area contributed by atoms with Crippen molar-refractivity contribution >= 4 is 0 Å². The molecule has 0 aromatic carbocycles. The third-order valence-electron chi connectivity index (χ3n) is 1.32. The maximum Gasteiger partial charge on any atom is 0.0125 e. The fourth-order valence-corrected chi connectivity index (χ4v) is 0.786. The molecule has 0 rings (SSSR count). The van der Waals surface area contributed by atoms with Gasteiger partial charge >= 0.3 is 0 Å². The third-order valence-corrected chi connectivity index (χ3v) is 1.32. The summed E-state index contributed by atoms with van der Waals surface area (Å²) in [4.78, 5) is 0. The molecule has 0 aromatic heterocycles. The molecule has 3 nitrogen and oxygen atoms in total. The molecule has 0 aliphatic heterocycles. The predicted octanol–water partition coefficient (Wildman–Crippen LogP) is 0.182. The zero-order valence-electron chi connectivity index (χ0n) is 7.06. The van der Waals surface area contributed by atoms with Crippen molar-refractivity contribution in [1.82, 2.24) is 10.4 Å². The SMILES string of the molecule is CCCN(C)NCCCN. The van der Waals surface area contributed by atoms with Gasteiger partial charge in [0.15, 0.2) is 0 Å². The van der Waals surface area contributed by atoms with Gasteiger partial charge in [0.2, 0.25) is 0 Å². The topological polar surface area (TPSA) is 41.3 Å². The summed E-state index contributed by atoms with van der Waals surface area (Å²) in [6, 6.07) is 0. The van der Waals surface area contributed by atoms with Crippen LogP contribution < -0.4 is 11.2 Å². The van der Waals surface area contributed by atoms with Crippen LogP contribution in [0.2, 0.25) is 0 Å². The van der Waals surface area contributed by atoms with Crippen LogP contribution in [0.1, 0.15) is 19.8 Å². The maximum absolute atomic E-state index is 5.33. The Morgan fingerprint density at radius 1 is 1.50 bits per heavy atom. The Morgan fingerprint density at radius 2 is 2.20 bits per heavy atom. The Balaban J connectivity index is 2.97. The highest BCUT2D eigenvalue weighted by atomic mass is 15.5. The van der Waals surface area contributed by atoms with Crippen LogP contribution in [0.25, 0.3) is 0 Å². The van der Waals surface area contributed by atoms with Crippen molar-refractivity contribution in [2.75, 3.05) is 26.7 Å². The van der Waals surface area contributed by atoms with Crippen molar-refractivity contribution in [3.8, 4) is 0 Å². The summed E-state index contributed by atoms with van der Waals surface area (Å²) in [7, 11) is 2.06. The fraction of sp³-hybridized carbons (Fsp3) is 1.00. The number of hydrazine groups is 1. The minimum Gasteiger partial charge on any atom is -0.330 e. The number of nitrogens with one attached hydrogen (secondary N) is 1. The average molecular weight is 145 g/mol. The van der Waals surface area contributed by atoms with Gasteiger partial charge in [-0.2, -0.15) is 0 Å². The van der Waals surface area contributed by atoms with Gasteiger partial charge in [-0.05, 0) is 19.4 Å². The lowest BCUT2D eigenvalue weighted by Crippen LogP contribution is -2.36. The van der Waals surface area contributed by atoms with Gasteiger partial charge in [-0.15, -0.1) is 0 Å². The lowest BCUT2D eigenvalue weighted by Gasteiger charge is -2.16. The highest BCUT2D eigenvalue weighted by Crippen LogP contribution is 1.80. The van der Waals surface area contributed by atoms with E-state index in [9.17, 15) is 0 Å². The lowest BCUT2D eigenvalue weighted by atomic mass is 10.4. The molecule has 0 saturated carbocycles. The molecule has 0 fully saturated rings. The first-order chi connectivity index (χ1) is 4.81. The summed E-state index contributed by atoms with van der Waals surface area (Å²) in [5, 5.41) is 2.11. The van der Waals surface area contributed by atoms with Gasteiger partial charge < -0.3 is 5.73 Å².